The molecule has 0 spiro atoms. The second-order valence-corrected chi connectivity index (χ2v) is 6.62. The van der Waals surface area contributed by atoms with Crippen molar-refractivity contribution < 1.29 is 23.0 Å². The van der Waals surface area contributed by atoms with Crippen LogP contribution in [0.5, 0.6) is 11.5 Å². The quantitative estimate of drug-likeness (QED) is 0.753. The van der Waals surface area contributed by atoms with Crippen LogP contribution < -0.4 is 9.47 Å². The van der Waals surface area contributed by atoms with Gasteiger partial charge in [-0.25, -0.2) is 0 Å². The van der Waals surface area contributed by atoms with Crippen LogP contribution in [0.15, 0.2) is 18.2 Å². The fourth-order valence-electron chi connectivity index (χ4n) is 3.12. The molecule has 0 radical (unpaired) electrons. The molecule has 1 atom stereocenters. The number of benzene rings is 1. The van der Waals surface area contributed by atoms with E-state index < -0.39 is 6.61 Å². The van der Waals surface area contributed by atoms with Crippen molar-refractivity contribution in [2.75, 3.05) is 33.8 Å². The number of ether oxygens (including phenoxy) is 2. The number of rotatable bonds is 7. The zero-order valence-corrected chi connectivity index (χ0v) is 15.0. The first kappa shape index (κ1) is 19.4. The van der Waals surface area contributed by atoms with Crippen LogP contribution in [0.25, 0.3) is 0 Å². The topological polar surface area (TPSA) is 42.0 Å². The molecular formula is C18H26F2N2O3. The Balaban J connectivity index is 1.93. The lowest BCUT2D eigenvalue weighted by Crippen LogP contribution is -2.43. The second-order valence-electron chi connectivity index (χ2n) is 6.62. The minimum absolute atomic E-state index is 0.00211. The molecular weight excluding hydrogens is 330 g/mol. The number of carbonyl (C=O) groups excluding carboxylic acids is 1. The molecule has 7 heteroatoms. The molecule has 1 heterocycles. The highest BCUT2D eigenvalue weighted by molar-refractivity contribution is 5.78. The molecule has 5 nitrogen and oxygen atoms in total. The maximum Gasteiger partial charge on any atom is 0.387 e. The van der Waals surface area contributed by atoms with Gasteiger partial charge in [-0.05, 0) is 43.5 Å². The van der Waals surface area contributed by atoms with Gasteiger partial charge in [-0.1, -0.05) is 13.0 Å². The minimum Gasteiger partial charge on any atom is -0.493 e. The third kappa shape index (κ3) is 5.85. The summed E-state index contributed by atoms with van der Waals surface area (Å²) in [5.74, 6) is 0.929. The number of likely N-dealkylation sites (N-methyl/N-ethyl adjacent to an activating group) is 1. The smallest absolute Gasteiger partial charge is 0.387 e. The van der Waals surface area contributed by atoms with Gasteiger partial charge in [0.05, 0.1) is 13.7 Å². The molecule has 1 fully saturated rings. The van der Waals surface area contributed by atoms with Crippen LogP contribution in [0, 0.1) is 5.92 Å². The van der Waals surface area contributed by atoms with Crippen molar-refractivity contribution in [2.45, 2.75) is 32.9 Å². The van der Waals surface area contributed by atoms with Gasteiger partial charge in [0, 0.05) is 19.6 Å². The summed E-state index contributed by atoms with van der Waals surface area (Å²) in [6.45, 7) is 1.75. The fourth-order valence-corrected chi connectivity index (χ4v) is 3.12. The summed E-state index contributed by atoms with van der Waals surface area (Å²) in [5.41, 5.74) is 0.862. The Morgan fingerprint density at radius 3 is 2.80 bits per heavy atom. The van der Waals surface area contributed by atoms with E-state index in [-0.39, 0.29) is 17.4 Å². The van der Waals surface area contributed by atoms with Gasteiger partial charge in [-0.3, -0.25) is 9.69 Å². The maximum atomic E-state index is 12.4. The Kier molecular flexibility index (Phi) is 6.99. The molecule has 0 aliphatic carbocycles. The summed E-state index contributed by atoms with van der Waals surface area (Å²) in [4.78, 5) is 16.2. The van der Waals surface area contributed by atoms with Crippen LogP contribution in [0.4, 0.5) is 8.78 Å². The van der Waals surface area contributed by atoms with E-state index in [4.69, 9.17) is 4.74 Å². The Morgan fingerprint density at radius 1 is 1.40 bits per heavy atom. The van der Waals surface area contributed by atoms with Crippen LogP contribution in [0.3, 0.4) is 0 Å². The SMILES string of the molecule is COc1cc(CN(C)CC(=O)N2CCCC(C)C2)ccc1OC(F)F. The molecule has 1 aliphatic rings. The van der Waals surface area contributed by atoms with Crippen LogP contribution >= 0.6 is 0 Å². The Hall–Kier alpha value is -1.89. The van der Waals surface area contributed by atoms with Crippen molar-refractivity contribution in [3.63, 3.8) is 0 Å². The molecule has 1 aliphatic heterocycles. The first-order valence-corrected chi connectivity index (χ1v) is 8.47. The van der Waals surface area contributed by atoms with Crippen molar-refractivity contribution in [3.8, 4) is 11.5 Å². The van der Waals surface area contributed by atoms with Gasteiger partial charge in [0.1, 0.15) is 0 Å². The molecule has 0 N–H and O–H groups in total. The highest BCUT2D eigenvalue weighted by atomic mass is 19.3. The summed E-state index contributed by atoms with van der Waals surface area (Å²) >= 11 is 0. The number of carbonyl (C=O) groups is 1. The van der Waals surface area contributed by atoms with Gasteiger partial charge < -0.3 is 14.4 Å². The Labute approximate surface area is 147 Å². The average molecular weight is 356 g/mol. The van der Waals surface area contributed by atoms with E-state index in [0.717, 1.165) is 25.1 Å². The van der Waals surface area contributed by atoms with Crippen molar-refractivity contribution in [2.24, 2.45) is 5.92 Å². The van der Waals surface area contributed by atoms with Gasteiger partial charge >= 0.3 is 6.61 Å². The second kappa shape index (κ2) is 8.99. The number of hydrogen-bond donors (Lipinski definition) is 0. The van der Waals surface area contributed by atoms with Crippen LogP contribution in [-0.2, 0) is 11.3 Å². The lowest BCUT2D eigenvalue weighted by molar-refractivity contribution is -0.133. The number of nitrogens with zero attached hydrogens (tertiary/aromatic N) is 2. The molecule has 2 rings (SSSR count). The highest BCUT2D eigenvalue weighted by Crippen LogP contribution is 2.29. The highest BCUT2D eigenvalue weighted by Gasteiger charge is 2.22. The number of halogens is 2. The monoisotopic (exact) mass is 356 g/mol. The zero-order chi connectivity index (χ0) is 18.4. The lowest BCUT2D eigenvalue weighted by atomic mass is 10.0. The predicted octanol–water partition coefficient (Wildman–Crippen LogP) is 2.99. The Bertz CT molecular complexity index is 583. The predicted molar refractivity (Wildman–Crippen MR) is 90.9 cm³/mol. The first-order chi connectivity index (χ1) is 11.9. The minimum atomic E-state index is -2.90. The van der Waals surface area contributed by atoms with Crippen LogP contribution in [0.2, 0.25) is 0 Å². The van der Waals surface area contributed by atoms with Gasteiger partial charge in [0.15, 0.2) is 11.5 Å². The van der Waals surface area contributed by atoms with Crippen LogP contribution in [0.1, 0.15) is 25.3 Å². The molecule has 0 bridgehead atoms. The van der Waals surface area contributed by atoms with Crippen molar-refractivity contribution >= 4 is 5.91 Å². The largest absolute Gasteiger partial charge is 0.493 e. The number of amides is 1. The summed E-state index contributed by atoms with van der Waals surface area (Å²) in [6, 6.07) is 4.81. The fraction of sp³-hybridized carbons (Fsp3) is 0.611. The van der Waals surface area contributed by atoms with E-state index in [1.54, 1.807) is 12.1 Å². The number of hydrogen-bond acceptors (Lipinski definition) is 4. The van der Waals surface area contributed by atoms with E-state index in [2.05, 4.69) is 11.7 Å². The van der Waals surface area contributed by atoms with E-state index in [1.165, 1.54) is 19.6 Å². The van der Waals surface area contributed by atoms with Gasteiger partial charge in [-0.2, -0.15) is 8.78 Å². The molecule has 1 amide bonds. The van der Waals surface area contributed by atoms with Gasteiger partial charge in [0.25, 0.3) is 0 Å². The summed E-state index contributed by atoms with van der Waals surface area (Å²) in [5, 5.41) is 0. The zero-order valence-electron chi connectivity index (χ0n) is 15.0. The molecule has 1 aromatic carbocycles. The molecule has 25 heavy (non-hydrogen) atoms. The lowest BCUT2D eigenvalue weighted by Gasteiger charge is -2.32. The third-order valence-electron chi connectivity index (χ3n) is 4.31. The van der Waals surface area contributed by atoms with E-state index in [1.807, 2.05) is 16.8 Å². The van der Waals surface area contributed by atoms with Crippen LogP contribution in [-0.4, -0.2) is 56.1 Å². The summed E-state index contributed by atoms with van der Waals surface area (Å²) in [7, 11) is 3.27. The third-order valence-corrected chi connectivity index (χ3v) is 4.31. The molecule has 1 aromatic rings. The molecule has 0 aromatic heterocycles. The van der Waals surface area contributed by atoms with E-state index in [0.29, 0.717) is 19.0 Å². The number of piperidine rings is 1. The van der Waals surface area contributed by atoms with E-state index in [9.17, 15) is 13.6 Å². The number of alkyl halides is 2. The van der Waals surface area contributed by atoms with Gasteiger partial charge in [0.2, 0.25) is 5.91 Å². The number of methoxy groups -OCH3 is 1. The van der Waals surface area contributed by atoms with Gasteiger partial charge in [-0.15, -0.1) is 0 Å². The molecule has 1 saturated heterocycles. The summed E-state index contributed by atoms with van der Waals surface area (Å²) < 4.78 is 34.3. The van der Waals surface area contributed by atoms with Crippen molar-refractivity contribution in [3.05, 3.63) is 23.8 Å². The standard InChI is InChI=1S/C18H26F2N2O3/c1-13-5-4-8-22(10-13)17(23)12-21(2)11-14-6-7-15(25-18(19)20)16(9-14)24-3/h6-7,9,13,18H,4-5,8,10-12H2,1-3H3. The maximum absolute atomic E-state index is 12.4. The molecule has 0 saturated carbocycles. The number of likely N-dealkylation sites (tertiary alicyclic amines) is 1. The molecule has 140 valence electrons. The summed E-state index contributed by atoms with van der Waals surface area (Å²) in [6.07, 6.45) is 2.23. The van der Waals surface area contributed by atoms with Crippen molar-refractivity contribution in [1.82, 2.24) is 9.80 Å². The molecule has 1 unspecified atom stereocenters. The Morgan fingerprint density at radius 2 is 2.16 bits per heavy atom. The first-order valence-electron chi connectivity index (χ1n) is 8.47. The van der Waals surface area contributed by atoms with Crippen molar-refractivity contribution in [1.29, 1.82) is 0 Å². The normalized spacial score (nSPS) is 17.9. The average Bonchev–Trinajstić information content (AvgIpc) is 2.55. The van der Waals surface area contributed by atoms with E-state index >= 15 is 0 Å².